The summed E-state index contributed by atoms with van der Waals surface area (Å²) < 4.78 is 2.42. The lowest BCUT2D eigenvalue weighted by Crippen LogP contribution is -2.12. The molecule has 8 aromatic rings. The third-order valence-electron chi connectivity index (χ3n) is 9.42. The molecule has 1 aliphatic heterocycles. The zero-order chi connectivity index (χ0) is 28.8. The van der Waals surface area contributed by atoms with Gasteiger partial charge in [0.2, 0.25) is 0 Å². The van der Waals surface area contributed by atoms with Crippen molar-refractivity contribution in [3.63, 3.8) is 0 Å². The highest BCUT2D eigenvalue weighted by molar-refractivity contribution is 6.16. The first-order valence-corrected chi connectivity index (χ1v) is 15.2. The van der Waals surface area contributed by atoms with Crippen molar-refractivity contribution < 1.29 is 0 Å². The van der Waals surface area contributed by atoms with E-state index in [-0.39, 0.29) is 0 Å². The number of rotatable bonds is 2. The Bertz CT molecular complexity index is 2460. The first kappa shape index (κ1) is 23.7. The van der Waals surface area contributed by atoms with Crippen LogP contribution in [0.25, 0.3) is 71.9 Å². The maximum Gasteiger partial charge on any atom is 0.123 e. The minimum absolute atomic E-state index is 1.14. The van der Waals surface area contributed by atoms with Gasteiger partial charge in [0.25, 0.3) is 0 Å². The molecule has 0 fully saturated rings. The van der Waals surface area contributed by atoms with Gasteiger partial charge in [0, 0.05) is 22.2 Å². The van der Waals surface area contributed by atoms with Crippen molar-refractivity contribution in [2.24, 2.45) is 0 Å². The molecule has 1 aromatic heterocycles. The van der Waals surface area contributed by atoms with Gasteiger partial charge in [-0.05, 0) is 92.7 Å². The van der Waals surface area contributed by atoms with Gasteiger partial charge in [-0.1, -0.05) is 109 Å². The predicted molar refractivity (Wildman–Crippen MR) is 184 cm³/mol. The van der Waals surface area contributed by atoms with Crippen LogP contribution in [0.1, 0.15) is 0 Å². The van der Waals surface area contributed by atoms with Crippen molar-refractivity contribution in [3.05, 3.63) is 158 Å². The zero-order valence-electron chi connectivity index (χ0n) is 23.9. The average molecular weight is 559 g/mol. The maximum absolute atomic E-state index is 2.44. The van der Waals surface area contributed by atoms with Gasteiger partial charge in [0.05, 0.1) is 16.9 Å². The van der Waals surface area contributed by atoms with Gasteiger partial charge in [-0.15, -0.1) is 0 Å². The summed E-state index contributed by atoms with van der Waals surface area (Å²) in [5, 5.41) is 3.87. The van der Waals surface area contributed by atoms with Crippen LogP contribution < -0.4 is 4.90 Å². The molecule has 1 aliphatic carbocycles. The van der Waals surface area contributed by atoms with Crippen molar-refractivity contribution in [1.29, 1.82) is 0 Å². The number of fused-ring (bicyclic) bond motifs is 10. The van der Waals surface area contributed by atoms with Crippen LogP contribution in [0.2, 0.25) is 0 Å². The van der Waals surface area contributed by atoms with E-state index in [1.165, 1.54) is 77.6 Å². The number of aromatic nitrogens is 1. The summed E-state index contributed by atoms with van der Waals surface area (Å²) >= 11 is 0. The summed E-state index contributed by atoms with van der Waals surface area (Å²) in [7, 11) is 0. The standard InChI is InChI=1S/C42H26N2/c1-6-20-38-28(11-1)26-41-43(39-21-7-4-17-34(39)35-18-5-8-22-40(35)44(38)41)31-14-9-12-27(24-31)30-23-29-13-10-19-36-32-15-2-3-16-33(32)37(25-30)42(29)36/h1-26H. The highest BCUT2D eigenvalue weighted by Crippen LogP contribution is 2.51. The second-order valence-corrected chi connectivity index (χ2v) is 11.8. The molecule has 0 N–H and O–H groups in total. The van der Waals surface area contributed by atoms with Crippen molar-refractivity contribution in [2.45, 2.75) is 0 Å². The molecule has 0 amide bonds. The Morgan fingerprint density at radius 3 is 1.86 bits per heavy atom. The molecule has 2 aliphatic rings. The maximum atomic E-state index is 2.44. The van der Waals surface area contributed by atoms with Crippen molar-refractivity contribution in [2.75, 3.05) is 4.90 Å². The second-order valence-electron chi connectivity index (χ2n) is 11.8. The Labute approximate surface area is 255 Å². The Morgan fingerprint density at radius 1 is 0.364 bits per heavy atom. The number of para-hydroxylation sites is 3. The summed E-state index contributed by atoms with van der Waals surface area (Å²) in [4.78, 5) is 2.44. The summed E-state index contributed by atoms with van der Waals surface area (Å²) in [5.41, 5.74) is 14.9. The highest BCUT2D eigenvalue weighted by atomic mass is 15.3. The quantitative estimate of drug-likeness (QED) is 0.205. The number of benzene rings is 7. The number of nitrogens with zero attached hydrogens (tertiary/aromatic N) is 2. The van der Waals surface area contributed by atoms with E-state index in [9.17, 15) is 0 Å². The molecule has 7 aromatic carbocycles. The van der Waals surface area contributed by atoms with Crippen LogP contribution in [-0.4, -0.2) is 4.57 Å². The lowest BCUT2D eigenvalue weighted by atomic mass is 9.95. The first-order valence-electron chi connectivity index (χ1n) is 15.2. The van der Waals surface area contributed by atoms with Crippen molar-refractivity contribution in [3.8, 4) is 50.2 Å². The van der Waals surface area contributed by atoms with E-state index in [1.54, 1.807) is 0 Å². The van der Waals surface area contributed by atoms with Gasteiger partial charge >= 0.3 is 0 Å². The van der Waals surface area contributed by atoms with E-state index in [2.05, 4.69) is 167 Å². The monoisotopic (exact) mass is 558 g/mol. The van der Waals surface area contributed by atoms with Gasteiger partial charge in [0.15, 0.2) is 0 Å². The summed E-state index contributed by atoms with van der Waals surface area (Å²) in [6.07, 6.45) is 0. The Morgan fingerprint density at radius 2 is 1.00 bits per heavy atom. The Balaban J connectivity index is 1.22. The molecule has 0 spiro atoms. The summed E-state index contributed by atoms with van der Waals surface area (Å²) in [6, 6.07) is 57.9. The number of hydrogen-bond donors (Lipinski definition) is 0. The third-order valence-corrected chi connectivity index (χ3v) is 9.42. The minimum Gasteiger partial charge on any atom is -0.295 e. The SMILES string of the molecule is c1cc(-c2cc3c4c(cccc4c2)-c2ccccc2-3)cc(N2c3ccccc3-c3ccccc3-n3c2cc2ccccc23)c1. The predicted octanol–water partition coefficient (Wildman–Crippen LogP) is 11.5. The smallest absolute Gasteiger partial charge is 0.123 e. The topological polar surface area (TPSA) is 8.17 Å². The lowest BCUT2D eigenvalue weighted by molar-refractivity contribution is 1.09. The molecule has 2 heteroatoms. The van der Waals surface area contributed by atoms with Crippen LogP contribution in [0.3, 0.4) is 0 Å². The molecule has 0 saturated carbocycles. The fourth-order valence-electron chi connectivity index (χ4n) is 7.55. The van der Waals surface area contributed by atoms with E-state index in [4.69, 9.17) is 0 Å². The molecule has 0 unspecified atom stereocenters. The average Bonchev–Trinajstić information content (AvgIpc) is 3.59. The molecule has 204 valence electrons. The zero-order valence-corrected chi connectivity index (χ0v) is 23.9. The molecule has 2 heterocycles. The molecule has 0 bridgehead atoms. The van der Waals surface area contributed by atoms with E-state index in [0.717, 1.165) is 11.5 Å². The molecule has 0 radical (unpaired) electrons. The molecule has 0 atom stereocenters. The van der Waals surface area contributed by atoms with E-state index < -0.39 is 0 Å². The van der Waals surface area contributed by atoms with Gasteiger partial charge in [-0.25, -0.2) is 0 Å². The molecule has 10 rings (SSSR count). The normalized spacial score (nSPS) is 12.5. The van der Waals surface area contributed by atoms with Gasteiger partial charge < -0.3 is 0 Å². The molecular weight excluding hydrogens is 532 g/mol. The first-order chi connectivity index (χ1) is 21.8. The lowest BCUT2D eigenvalue weighted by Gasteiger charge is -2.26. The van der Waals surface area contributed by atoms with Crippen molar-refractivity contribution in [1.82, 2.24) is 4.57 Å². The Kier molecular flexibility index (Phi) is 4.75. The van der Waals surface area contributed by atoms with Gasteiger partial charge in [-0.2, -0.15) is 0 Å². The van der Waals surface area contributed by atoms with E-state index in [1.807, 2.05) is 0 Å². The minimum atomic E-state index is 1.14. The molecule has 2 nitrogen and oxygen atoms in total. The number of hydrogen-bond acceptors (Lipinski definition) is 1. The van der Waals surface area contributed by atoms with Crippen LogP contribution in [0, 0.1) is 0 Å². The van der Waals surface area contributed by atoms with Crippen LogP contribution >= 0.6 is 0 Å². The molecular formula is C42H26N2. The van der Waals surface area contributed by atoms with Crippen LogP contribution in [-0.2, 0) is 0 Å². The largest absolute Gasteiger partial charge is 0.295 e. The Hall–Kier alpha value is -5.86. The fraction of sp³-hybridized carbons (Fsp3) is 0. The van der Waals surface area contributed by atoms with Gasteiger partial charge in [-0.3, -0.25) is 9.47 Å². The summed E-state index contributed by atoms with van der Waals surface area (Å²) in [5.74, 6) is 1.14. The highest BCUT2D eigenvalue weighted by Gasteiger charge is 2.28. The van der Waals surface area contributed by atoms with E-state index >= 15 is 0 Å². The summed E-state index contributed by atoms with van der Waals surface area (Å²) in [6.45, 7) is 0. The molecule has 44 heavy (non-hydrogen) atoms. The number of anilines is 3. The third kappa shape index (κ3) is 3.20. The second kappa shape index (κ2) is 8.82. The van der Waals surface area contributed by atoms with Crippen LogP contribution in [0.15, 0.2) is 158 Å². The fourth-order valence-corrected chi connectivity index (χ4v) is 7.55. The molecule has 0 saturated heterocycles. The van der Waals surface area contributed by atoms with E-state index in [0.29, 0.717) is 0 Å². The van der Waals surface area contributed by atoms with Crippen molar-refractivity contribution >= 4 is 38.9 Å². The van der Waals surface area contributed by atoms with Gasteiger partial charge in [0.1, 0.15) is 5.82 Å². The van der Waals surface area contributed by atoms with Crippen LogP contribution in [0.4, 0.5) is 17.2 Å². The van der Waals surface area contributed by atoms with Crippen LogP contribution in [0.5, 0.6) is 0 Å².